The lowest BCUT2D eigenvalue weighted by Crippen LogP contribution is -2.70. The normalized spacial score (nSPS) is 21.9. The molecule has 2 aliphatic heterocycles. The summed E-state index contributed by atoms with van der Waals surface area (Å²) in [7, 11) is 0. The minimum Gasteiger partial charge on any atom is -0.410 e. The smallest absolute Gasteiger partial charge is 0.276 e. The number of tetrazole rings is 1. The van der Waals surface area contributed by atoms with Crippen molar-refractivity contribution in [2.45, 2.75) is 11.4 Å². The number of aromatic amines is 1. The summed E-state index contributed by atoms with van der Waals surface area (Å²) in [6.07, 6.45) is 1.64. The lowest BCUT2D eigenvalue weighted by Gasteiger charge is -2.49. The van der Waals surface area contributed by atoms with E-state index in [9.17, 15) is 14.8 Å². The van der Waals surface area contributed by atoms with Crippen molar-refractivity contribution in [1.29, 1.82) is 0 Å². The number of hydrogen-bond donors (Lipinski definition) is 4. The summed E-state index contributed by atoms with van der Waals surface area (Å²) in [4.78, 5) is 30.7. The number of aromatic nitrogens is 5. The molecule has 4 heterocycles. The van der Waals surface area contributed by atoms with E-state index in [1.165, 1.54) is 22.0 Å². The third-order valence-electron chi connectivity index (χ3n) is 4.17. The zero-order valence-electron chi connectivity index (χ0n) is 14.1. The van der Waals surface area contributed by atoms with Crippen LogP contribution < -0.4 is 11.1 Å². The summed E-state index contributed by atoms with van der Waals surface area (Å²) >= 11 is 2.56. The van der Waals surface area contributed by atoms with Crippen molar-refractivity contribution in [1.82, 2.24) is 35.8 Å². The van der Waals surface area contributed by atoms with E-state index >= 15 is 0 Å². The quantitative estimate of drug-likeness (QED) is 0.214. The van der Waals surface area contributed by atoms with Gasteiger partial charge in [-0.15, -0.1) is 33.3 Å². The number of allylic oxidation sites excluding steroid dienone is 1. The average molecular weight is 419 g/mol. The molecule has 0 unspecified atom stereocenters. The van der Waals surface area contributed by atoms with Crippen LogP contribution in [0.25, 0.3) is 5.70 Å². The Hall–Kier alpha value is -3.26. The molecule has 14 heteroatoms. The van der Waals surface area contributed by atoms with Gasteiger partial charge in [-0.3, -0.25) is 14.5 Å². The van der Waals surface area contributed by atoms with Crippen LogP contribution in [0.4, 0.5) is 5.13 Å². The molecule has 0 spiro atoms. The highest BCUT2D eigenvalue weighted by molar-refractivity contribution is 8.00. The summed E-state index contributed by atoms with van der Waals surface area (Å²) < 4.78 is 0. The second-order valence-corrected chi connectivity index (χ2v) is 7.69. The highest BCUT2D eigenvalue weighted by atomic mass is 32.2. The number of oxime groups is 1. The molecule has 0 saturated carbocycles. The van der Waals surface area contributed by atoms with Gasteiger partial charge >= 0.3 is 0 Å². The highest BCUT2D eigenvalue weighted by Crippen LogP contribution is 2.43. The Balaban J connectivity index is 1.55. The van der Waals surface area contributed by atoms with Crippen LogP contribution in [0.15, 0.2) is 28.8 Å². The Labute approximate surface area is 165 Å². The lowest BCUT2D eigenvalue weighted by molar-refractivity contribution is -0.142. The molecule has 12 nitrogen and oxygen atoms in total. The number of H-pyrrole nitrogens is 1. The van der Waals surface area contributed by atoms with Crippen LogP contribution in [0.3, 0.4) is 0 Å². The first-order chi connectivity index (χ1) is 13.5. The number of nitrogens with one attached hydrogen (secondary N) is 2. The monoisotopic (exact) mass is 419 g/mol. The number of carbonyl (C=O) groups is 2. The number of rotatable bonds is 5. The second kappa shape index (κ2) is 7.05. The van der Waals surface area contributed by atoms with E-state index in [-0.39, 0.29) is 33.6 Å². The molecular formula is C14H13N9O3S2. The summed E-state index contributed by atoms with van der Waals surface area (Å²) in [5, 5.41) is 29.9. The van der Waals surface area contributed by atoms with Crippen molar-refractivity contribution < 1.29 is 14.8 Å². The van der Waals surface area contributed by atoms with Crippen molar-refractivity contribution in [2.24, 2.45) is 5.16 Å². The standard InChI is InChI=1S/C14H13N9O3S2/c1-2-5-3-27-13-8(12(25)23(13)9(5)10-18-21-22-19-10)17-11(24)7(20-26)6-4-28-14(15)16-6/h2,4,8,13,26H,1,3H2,(H2,15,16)(H,17,24)(H,18,19,21,22)/b20-7+/t8-,13-/m1/s1. The maximum absolute atomic E-state index is 12.8. The van der Waals surface area contributed by atoms with E-state index in [0.717, 1.165) is 16.9 Å². The molecule has 144 valence electrons. The molecule has 4 rings (SSSR count). The van der Waals surface area contributed by atoms with E-state index < -0.39 is 11.9 Å². The van der Waals surface area contributed by atoms with Crippen LogP contribution >= 0.6 is 23.1 Å². The Morgan fingerprint density at radius 1 is 1.57 bits per heavy atom. The number of hydrogen-bond acceptors (Lipinski definition) is 11. The fourth-order valence-electron chi connectivity index (χ4n) is 2.89. The number of nitrogens with two attached hydrogens (primary N) is 1. The predicted octanol–water partition coefficient (Wildman–Crippen LogP) is -0.586. The average Bonchev–Trinajstić information content (AvgIpc) is 3.37. The summed E-state index contributed by atoms with van der Waals surface area (Å²) in [5.74, 6) is -0.253. The van der Waals surface area contributed by atoms with Gasteiger partial charge in [-0.1, -0.05) is 17.8 Å². The van der Waals surface area contributed by atoms with Crippen LogP contribution in [0, 0.1) is 0 Å². The van der Waals surface area contributed by atoms with E-state index in [2.05, 4.69) is 42.7 Å². The maximum Gasteiger partial charge on any atom is 0.276 e. The number of nitrogens with zero attached hydrogens (tertiary/aromatic N) is 6. The van der Waals surface area contributed by atoms with Crippen LogP contribution in [0.5, 0.6) is 0 Å². The fourth-order valence-corrected chi connectivity index (χ4v) is 4.78. The summed E-state index contributed by atoms with van der Waals surface area (Å²) in [6, 6.07) is -0.807. The number of fused-ring (bicyclic) bond motifs is 1. The number of β-lactam (4-membered cyclic amide) rings is 1. The van der Waals surface area contributed by atoms with E-state index in [1.807, 2.05) is 0 Å². The van der Waals surface area contributed by atoms with Crippen molar-refractivity contribution in [3.8, 4) is 0 Å². The molecule has 2 aromatic rings. The number of thioether (sulfide) groups is 1. The van der Waals surface area contributed by atoms with E-state index in [4.69, 9.17) is 5.73 Å². The SMILES string of the molecule is C=CC1=C(c2nn[nH]n2)N2C(=O)[C@@H](NC(=O)/C(=N/O)c3csc(N)n3)[C@H]2SC1. The molecule has 28 heavy (non-hydrogen) atoms. The zero-order chi connectivity index (χ0) is 19.8. The Morgan fingerprint density at radius 2 is 2.39 bits per heavy atom. The van der Waals surface area contributed by atoms with Gasteiger partial charge in [-0.2, -0.15) is 5.21 Å². The van der Waals surface area contributed by atoms with Crippen molar-refractivity contribution in [2.75, 3.05) is 11.5 Å². The zero-order valence-corrected chi connectivity index (χ0v) is 15.7. The number of anilines is 1. The minimum absolute atomic E-state index is 0.128. The largest absolute Gasteiger partial charge is 0.410 e. The van der Waals surface area contributed by atoms with Gasteiger partial charge in [0.25, 0.3) is 11.8 Å². The van der Waals surface area contributed by atoms with Gasteiger partial charge in [0.05, 0.1) is 5.70 Å². The molecule has 0 radical (unpaired) electrons. The van der Waals surface area contributed by atoms with E-state index in [1.54, 1.807) is 6.08 Å². The Kier molecular flexibility index (Phi) is 4.56. The fraction of sp³-hybridized carbons (Fsp3) is 0.214. The van der Waals surface area contributed by atoms with Crippen molar-refractivity contribution >= 4 is 51.5 Å². The molecule has 2 atom stereocenters. The first kappa shape index (κ1) is 18.1. The third kappa shape index (κ3) is 2.82. The molecule has 2 amide bonds. The second-order valence-electron chi connectivity index (χ2n) is 5.69. The number of amides is 2. The number of nitrogen functional groups attached to an aromatic ring is 1. The number of thiazole rings is 1. The summed E-state index contributed by atoms with van der Waals surface area (Å²) in [5.41, 5.74) is 6.65. The van der Waals surface area contributed by atoms with Crippen molar-refractivity contribution in [3.63, 3.8) is 0 Å². The molecule has 2 aromatic heterocycles. The lowest BCUT2D eigenvalue weighted by atomic mass is 10.0. The van der Waals surface area contributed by atoms with Crippen LogP contribution in [-0.2, 0) is 9.59 Å². The Bertz CT molecular complexity index is 1010. The maximum atomic E-state index is 12.8. The van der Waals surface area contributed by atoms with Crippen LogP contribution in [-0.4, -0.2) is 70.4 Å². The topological polar surface area (TPSA) is 175 Å². The molecule has 5 N–H and O–H groups in total. The van der Waals surface area contributed by atoms with Crippen LogP contribution in [0.1, 0.15) is 11.5 Å². The van der Waals surface area contributed by atoms with Gasteiger partial charge in [-0.05, 0) is 10.8 Å². The minimum atomic E-state index is -0.807. The van der Waals surface area contributed by atoms with Crippen LogP contribution in [0.2, 0.25) is 0 Å². The molecule has 0 aromatic carbocycles. The number of carbonyl (C=O) groups excluding carboxylic acids is 2. The van der Waals surface area contributed by atoms with Gasteiger partial charge < -0.3 is 16.3 Å². The molecule has 1 saturated heterocycles. The summed E-state index contributed by atoms with van der Waals surface area (Å²) in [6.45, 7) is 3.77. The van der Waals surface area contributed by atoms with E-state index in [0.29, 0.717) is 11.4 Å². The van der Waals surface area contributed by atoms with Crippen molar-refractivity contribution in [3.05, 3.63) is 35.1 Å². The van der Waals surface area contributed by atoms with Gasteiger partial charge in [0.15, 0.2) is 10.8 Å². The molecule has 0 aliphatic carbocycles. The highest BCUT2D eigenvalue weighted by Gasteiger charge is 2.53. The van der Waals surface area contributed by atoms with Gasteiger partial charge in [0, 0.05) is 11.1 Å². The van der Waals surface area contributed by atoms with Gasteiger partial charge in [0.1, 0.15) is 17.1 Å². The molecule has 1 fully saturated rings. The molecular weight excluding hydrogens is 406 g/mol. The molecule has 0 bridgehead atoms. The third-order valence-corrected chi connectivity index (χ3v) is 6.14. The first-order valence-electron chi connectivity index (χ1n) is 7.83. The molecule has 2 aliphatic rings. The first-order valence-corrected chi connectivity index (χ1v) is 9.76. The predicted molar refractivity (Wildman–Crippen MR) is 101 cm³/mol. The van der Waals surface area contributed by atoms with Gasteiger partial charge in [0.2, 0.25) is 5.82 Å². The Morgan fingerprint density at radius 3 is 3.00 bits per heavy atom. The van der Waals surface area contributed by atoms with Gasteiger partial charge in [-0.25, -0.2) is 4.98 Å².